The quantitative estimate of drug-likeness (QED) is 0.876. The Morgan fingerprint density at radius 2 is 2.11 bits per heavy atom. The average molecular weight is 277 g/mol. The van der Waals surface area contributed by atoms with Gasteiger partial charge in [0.2, 0.25) is 5.91 Å². The second-order valence-electron chi connectivity index (χ2n) is 4.18. The minimum absolute atomic E-state index is 0.474. The van der Waals surface area contributed by atoms with Crippen molar-refractivity contribution in [3.63, 3.8) is 0 Å². The highest BCUT2D eigenvalue weighted by Gasteiger charge is 2.35. The van der Waals surface area contributed by atoms with Crippen molar-refractivity contribution >= 4 is 22.9 Å². The van der Waals surface area contributed by atoms with Crippen LogP contribution in [0.15, 0.2) is 35.8 Å². The Hall–Kier alpha value is -2.08. The standard InChI is InChI=1S/C13H15N3O2S/c1-13(11(14)17,12-15-7-8-19-12)16-9-3-5-10(18-2)6-4-9/h3-8,16H,1-2H3,(H2,14,17). The third kappa shape index (κ3) is 2.68. The molecule has 100 valence electrons. The largest absolute Gasteiger partial charge is 0.497 e. The summed E-state index contributed by atoms with van der Waals surface area (Å²) in [5.41, 5.74) is 5.26. The van der Waals surface area contributed by atoms with Crippen molar-refractivity contribution < 1.29 is 9.53 Å². The lowest BCUT2D eigenvalue weighted by atomic mass is 10.0. The van der Waals surface area contributed by atoms with Crippen molar-refractivity contribution in [2.75, 3.05) is 12.4 Å². The maximum atomic E-state index is 11.7. The Bertz CT molecular complexity index is 554. The van der Waals surface area contributed by atoms with Gasteiger partial charge >= 0.3 is 0 Å². The molecule has 1 atom stereocenters. The summed E-state index contributed by atoms with van der Waals surface area (Å²) in [6, 6.07) is 7.28. The van der Waals surface area contributed by atoms with E-state index in [0.717, 1.165) is 11.4 Å². The van der Waals surface area contributed by atoms with Gasteiger partial charge in [-0.3, -0.25) is 4.79 Å². The van der Waals surface area contributed by atoms with Gasteiger partial charge in [0.15, 0.2) is 5.54 Å². The first kappa shape index (κ1) is 13.4. The number of thiazole rings is 1. The van der Waals surface area contributed by atoms with Crippen molar-refractivity contribution in [3.05, 3.63) is 40.8 Å². The van der Waals surface area contributed by atoms with Crippen LogP contribution in [0.1, 0.15) is 11.9 Å². The molecule has 1 aromatic carbocycles. The van der Waals surface area contributed by atoms with Gasteiger partial charge in [0, 0.05) is 17.3 Å². The highest BCUT2D eigenvalue weighted by molar-refractivity contribution is 7.09. The number of nitrogens with two attached hydrogens (primary N) is 1. The normalized spacial score (nSPS) is 13.6. The molecule has 6 heteroatoms. The smallest absolute Gasteiger partial charge is 0.249 e. The third-order valence-corrected chi connectivity index (χ3v) is 3.83. The van der Waals surface area contributed by atoms with Crippen LogP contribution in [0.25, 0.3) is 0 Å². The SMILES string of the molecule is COc1ccc(NC(C)(C(N)=O)c2nccs2)cc1. The van der Waals surface area contributed by atoms with Gasteiger partial charge in [-0.2, -0.15) is 0 Å². The lowest BCUT2D eigenvalue weighted by Crippen LogP contribution is -2.45. The zero-order valence-electron chi connectivity index (χ0n) is 10.7. The molecule has 0 aliphatic heterocycles. The van der Waals surface area contributed by atoms with Crippen LogP contribution in [0, 0.1) is 0 Å². The lowest BCUT2D eigenvalue weighted by molar-refractivity contribution is -0.122. The van der Waals surface area contributed by atoms with E-state index >= 15 is 0 Å². The first-order chi connectivity index (χ1) is 9.06. The summed E-state index contributed by atoms with van der Waals surface area (Å²) in [6.45, 7) is 1.72. The van der Waals surface area contributed by atoms with E-state index in [9.17, 15) is 4.79 Å². The second kappa shape index (κ2) is 5.27. The molecule has 19 heavy (non-hydrogen) atoms. The Morgan fingerprint density at radius 3 is 2.58 bits per heavy atom. The van der Waals surface area contributed by atoms with E-state index in [4.69, 9.17) is 10.5 Å². The van der Waals surface area contributed by atoms with E-state index in [1.807, 2.05) is 29.6 Å². The molecule has 1 heterocycles. The number of anilines is 1. The van der Waals surface area contributed by atoms with E-state index in [-0.39, 0.29) is 0 Å². The fourth-order valence-corrected chi connectivity index (χ4v) is 2.41. The van der Waals surface area contributed by atoms with Crippen LogP contribution in [0.4, 0.5) is 5.69 Å². The number of benzene rings is 1. The Morgan fingerprint density at radius 1 is 1.42 bits per heavy atom. The van der Waals surface area contributed by atoms with Crippen molar-refractivity contribution in [1.29, 1.82) is 0 Å². The Labute approximate surface area is 115 Å². The molecule has 1 aromatic heterocycles. The number of nitrogens with zero attached hydrogens (tertiary/aromatic N) is 1. The number of nitrogens with one attached hydrogen (secondary N) is 1. The maximum absolute atomic E-state index is 11.7. The summed E-state index contributed by atoms with van der Waals surface area (Å²) in [7, 11) is 1.60. The van der Waals surface area contributed by atoms with Crippen molar-refractivity contribution in [2.24, 2.45) is 5.73 Å². The number of rotatable bonds is 5. The summed E-state index contributed by atoms with van der Waals surface area (Å²) >= 11 is 1.39. The van der Waals surface area contributed by atoms with Crippen LogP contribution < -0.4 is 15.8 Å². The van der Waals surface area contributed by atoms with Crippen molar-refractivity contribution in [3.8, 4) is 5.75 Å². The minimum atomic E-state index is -1.03. The van der Waals surface area contributed by atoms with Gasteiger partial charge in [-0.1, -0.05) is 0 Å². The molecule has 2 aromatic rings. The average Bonchev–Trinajstić information content (AvgIpc) is 2.93. The third-order valence-electron chi connectivity index (χ3n) is 2.84. The van der Waals surface area contributed by atoms with Gasteiger partial charge in [0.1, 0.15) is 10.8 Å². The topological polar surface area (TPSA) is 77.2 Å². The predicted octanol–water partition coefficient (Wildman–Crippen LogP) is 1.96. The van der Waals surface area contributed by atoms with Crippen LogP contribution in [0.2, 0.25) is 0 Å². The van der Waals surface area contributed by atoms with Gasteiger partial charge in [0.25, 0.3) is 0 Å². The maximum Gasteiger partial charge on any atom is 0.249 e. The number of hydrogen-bond acceptors (Lipinski definition) is 5. The molecule has 0 saturated heterocycles. The highest BCUT2D eigenvalue weighted by atomic mass is 32.1. The summed E-state index contributed by atoms with van der Waals surface area (Å²) in [4.78, 5) is 15.9. The van der Waals surface area contributed by atoms with Crippen LogP contribution in [0.3, 0.4) is 0 Å². The molecule has 0 aliphatic rings. The molecule has 0 radical (unpaired) electrons. The van der Waals surface area contributed by atoms with Crippen molar-refractivity contribution in [1.82, 2.24) is 4.98 Å². The van der Waals surface area contributed by atoms with Gasteiger partial charge in [-0.05, 0) is 31.2 Å². The number of ether oxygens (including phenoxy) is 1. The zero-order valence-corrected chi connectivity index (χ0v) is 11.5. The van der Waals surface area contributed by atoms with Gasteiger partial charge in [0.05, 0.1) is 7.11 Å². The molecular weight excluding hydrogens is 262 g/mol. The number of methoxy groups -OCH3 is 1. The van der Waals surface area contributed by atoms with Crippen LogP contribution in [-0.4, -0.2) is 18.0 Å². The minimum Gasteiger partial charge on any atom is -0.497 e. The number of hydrogen-bond donors (Lipinski definition) is 2. The molecule has 0 saturated carbocycles. The molecule has 1 unspecified atom stereocenters. The number of primary amides is 1. The van der Waals surface area contributed by atoms with Crippen LogP contribution >= 0.6 is 11.3 Å². The van der Waals surface area contributed by atoms with E-state index in [1.54, 1.807) is 20.2 Å². The van der Waals surface area contributed by atoms with Crippen molar-refractivity contribution in [2.45, 2.75) is 12.5 Å². The molecule has 5 nitrogen and oxygen atoms in total. The number of carbonyl (C=O) groups is 1. The molecule has 0 fully saturated rings. The summed E-state index contributed by atoms with van der Waals surface area (Å²) in [6.07, 6.45) is 1.65. The molecule has 0 bridgehead atoms. The first-order valence-corrected chi connectivity index (χ1v) is 6.56. The number of amides is 1. The van der Waals surface area contributed by atoms with E-state index in [0.29, 0.717) is 5.01 Å². The summed E-state index contributed by atoms with van der Waals surface area (Å²) < 4.78 is 5.09. The molecule has 2 rings (SSSR count). The fraction of sp³-hybridized carbons (Fsp3) is 0.231. The predicted molar refractivity (Wildman–Crippen MR) is 75.3 cm³/mol. The highest BCUT2D eigenvalue weighted by Crippen LogP contribution is 2.28. The first-order valence-electron chi connectivity index (χ1n) is 5.68. The van der Waals surface area contributed by atoms with Crippen LogP contribution in [-0.2, 0) is 10.3 Å². The second-order valence-corrected chi connectivity index (χ2v) is 5.07. The number of carbonyl (C=O) groups excluding carboxylic acids is 1. The summed E-state index contributed by atoms with van der Waals surface area (Å²) in [5.74, 6) is 0.277. The van der Waals surface area contributed by atoms with Gasteiger partial charge in [-0.25, -0.2) is 4.98 Å². The van der Waals surface area contributed by atoms with E-state index in [1.165, 1.54) is 11.3 Å². The van der Waals surface area contributed by atoms with E-state index in [2.05, 4.69) is 10.3 Å². The Kier molecular flexibility index (Phi) is 3.71. The summed E-state index contributed by atoms with van der Waals surface area (Å²) in [5, 5.41) is 5.57. The monoisotopic (exact) mass is 277 g/mol. The molecule has 0 spiro atoms. The Balaban J connectivity index is 2.28. The fourth-order valence-electron chi connectivity index (χ4n) is 1.65. The van der Waals surface area contributed by atoms with Gasteiger partial charge in [-0.15, -0.1) is 11.3 Å². The molecule has 3 N–H and O–H groups in total. The molecular formula is C13H15N3O2S. The molecule has 1 amide bonds. The van der Waals surface area contributed by atoms with E-state index < -0.39 is 11.4 Å². The van der Waals surface area contributed by atoms with Gasteiger partial charge < -0.3 is 15.8 Å². The molecule has 0 aliphatic carbocycles. The zero-order chi connectivity index (χ0) is 13.9. The van der Waals surface area contributed by atoms with Crippen LogP contribution in [0.5, 0.6) is 5.75 Å². The number of aromatic nitrogens is 1. The lowest BCUT2D eigenvalue weighted by Gasteiger charge is -2.26.